The van der Waals surface area contributed by atoms with E-state index in [1.807, 2.05) is 27.7 Å². The van der Waals surface area contributed by atoms with Crippen molar-refractivity contribution < 1.29 is 4.79 Å². The highest BCUT2D eigenvalue weighted by Gasteiger charge is 2.31. The summed E-state index contributed by atoms with van der Waals surface area (Å²) < 4.78 is 2.14. The van der Waals surface area contributed by atoms with Crippen molar-refractivity contribution in [1.29, 1.82) is 0 Å². The zero-order valence-corrected chi connectivity index (χ0v) is 13.8. The molecule has 0 radical (unpaired) electrons. The smallest absolute Gasteiger partial charge is 0.233 e. The summed E-state index contributed by atoms with van der Waals surface area (Å²) in [5, 5.41) is 12.2. The maximum atomic E-state index is 12.1. The van der Waals surface area contributed by atoms with Crippen molar-refractivity contribution in [3.05, 3.63) is 5.82 Å². The number of hydrogen-bond donors (Lipinski definition) is 1. The zero-order chi connectivity index (χ0) is 14.9. The first kappa shape index (κ1) is 15.4. The van der Waals surface area contributed by atoms with Gasteiger partial charge in [0.2, 0.25) is 5.91 Å². The van der Waals surface area contributed by atoms with Gasteiger partial charge in [0.05, 0.1) is 5.25 Å². The fraction of sp³-hybridized carbons (Fsp3) is 0.786. The Morgan fingerprint density at radius 1 is 1.45 bits per heavy atom. The van der Waals surface area contributed by atoms with Crippen LogP contribution in [0.15, 0.2) is 5.16 Å². The molecule has 2 rings (SSSR count). The third kappa shape index (κ3) is 3.75. The van der Waals surface area contributed by atoms with Crippen LogP contribution in [-0.2, 0) is 11.3 Å². The van der Waals surface area contributed by atoms with Crippen LogP contribution in [0, 0.1) is 0 Å². The van der Waals surface area contributed by atoms with Crippen LogP contribution in [0.3, 0.4) is 0 Å². The largest absolute Gasteiger partial charge is 0.351 e. The lowest BCUT2D eigenvalue weighted by atomic mass is 10.1. The molecule has 1 N–H and O–H groups in total. The van der Waals surface area contributed by atoms with Crippen LogP contribution in [0.25, 0.3) is 0 Å². The van der Waals surface area contributed by atoms with Crippen LogP contribution in [-0.4, -0.2) is 31.5 Å². The number of nitrogens with zero attached hydrogens (tertiary/aromatic N) is 3. The Balaban J connectivity index is 2.04. The monoisotopic (exact) mass is 296 g/mol. The average Bonchev–Trinajstić information content (AvgIpc) is 3.09. The highest BCUT2D eigenvalue weighted by atomic mass is 32.2. The molecule has 1 aromatic heterocycles. The van der Waals surface area contributed by atoms with E-state index >= 15 is 0 Å². The molecule has 0 aromatic carbocycles. The molecule has 0 unspecified atom stereocenters. The lowest BCUT2D eigenvalue weighted by Crippen LogP contribution is -2.44. The Morgan fingerprint density at radius 3 is 2.60 bits per heavy atom. The van der Waals surface area contributed by atoms with Gasteiger partial charge in [0.1, 0.15) is 5.82 Å². The normalized spacial score (nSPS) is 17.1. The molecule has 1 heterocycles. The summed E-state index contributed by atoms with van der Waals surface area (Å²) in [4.78, 5) is 12.1. The third-order valence-corrected chi connectivity index (χ3v) is 4.23. The number of rotatable bonds is 5. The lowest BCUT2D eigenvalue weighted by Gasteiger charge is -2.22. The van der Waals surface area contributed by atoms with Crippen LogP contribution >= 0.6 is 11.8 Å². The first-order valence-corrected chi connectivity index (χ1v) is 8.11. The fourth-order valence-corrected chi connectivity index (χ4v) is 2.93. The van der Waals surface area contributed by atoms with E-state index < -0.39 is 0 Å². The van der Waals surface area contributed by atoms with Gasteiger partial charge in [0.15, 0.2) is 5.16 Å². The van der Waals surface area contributed by atoms with Gasteiger partial charge in [-0.2, -0.15) is 0 Å². The molecule has 20 heavy (non-hydrogen) atoms. The van der Waals surface area contributed by atoms with E-state index in [1.165, 1.54) is 24.6 Å². The van der Waals surface area contributed by atoms with Gasteiger partial charge in [0, 0.05) is 18.0 Å². The van der Waals surface area contributed by atoms with Crippen molar-refractivity contribution in [2.24, 2.45) is 0 Å². The predicted octanol–water partition coefficient (Wildman–Crippen LogP) is 2.57. The van der Waals surface area contributed by atoms with Crippen LogP contribution in [0.5, 0.6) is 0 Å². The number of hydrogen-bond acceptors (Lipinski definition) is 4. The molecule has 0 aliphatic heterocycles. The summed E-state index contributed by atoms with van der Waals surface area (Å²) in [5.74, 6) is 1.70. The van der Waals surface area contributed by atoms with E-state index in [0.29, 0.717) is 5.92 Å². The SMILES string of the molecule is CCn1c(S[C@@H](C)C(=O)NC(C)(C)C)nnc1C1CC1. The molecule has 1 aromatic rings. The fourth-order valence-electron chi connectivity index (χ4n) is 2.01. The van der Waals surface area contributed by atoms with Gasteiger partial charge in [-0.1, -0.05) is 11.8 Å². The summed E-state index contributed by atoms with van der Waals surface area (Å²) >= 11 is 1.49. The molecule has 1 aliphatic carbocycles. The Labute approximate surface area is 124 Å². The number of carbonyl (C=O) groups excluding carboxylic acids is 1. The molecule has 1 saturated carbocycles. The number of nitrogens with one attached hydrogen (secondary N) is 1. The molecule has 1 atom stereocenters. The molecule has 0 spiro atoms. The standard InChI is InChI=1S/C14H24N4OS/c1-6-18-11(10-7-8-10)16-17-13(18)20-9(2)12(19)15-14(3,4)5/h9-10H,6-8H2,1-5H3,(H,15,19)/t9-/m0/s1. The van der Waals surface area contributed by atoms with E-state index in [0.717, 1.165) is 17.5 Å². The topological polar surface area (TPSA) is 59.8 Å². The summed E-state index contributed by atoms with van der Waals surface area (Å²) in [7, 11) is 0. The number of carbonyl (C=O) groups is 1. The highest BCUT2D eigenvalue weighted by molar-refractivity contribution is 8.00. The maximum Gasteiger partial charge on any atom is 0.233 e. The Bertz CT molecular complexity index is 488. The highest BCUT2D eigenvalue weighted by Crippen LogP contribution is 2.40. The van der Waals surface area contributed by atoms with Gasteiger partial charge >= 0.3 is 0 Å². The molecule has 1 fully saturated rings. The van der Waals surface area contributed by atoms with E-state index in [2.05, 4.69) is 27.0 Å². The molecule has 5 nitrogen and oxygen atoms in total. The first-order chi connectivity index (χ1) is 9.31. The van der Waals surface area contributed by atoms with Crippen LogP contribution < -0.4 is 5.32 Å². The van der Waals surface area contributed by atoms with Crippen LogP contribution in [0.4, 0.5) is 0 Å². The van der Waals surface area contributed by atoms with Gasteiger partial charge in [-0.3, -0.25) is 4.79 Å². The maximum absolute atomic E-state index is 12.1. The van der Waals surface area contributed by atoms with Crippen molar-refractivity contribution >= 4 is 17.7 Å². The first-order valence-electron chi connectivity index (χ1n) is 7.23. The van der Waals surface area contributed by atoms with Crippen molar-refractivity contribution in [2.45, 2.75) is 75.9 Å². The van der Waals surface area contributed by atoms with Crippen molar-refractivity contribution in [3.8, 4) is 0 Å². The van der Waals surface area contributed by atoms with Crippen molar-refractivity contribution in [1.82, 2.24) is 20.1 Å². The van der Waals surface area contributed by atoms with E-state index in [9.17, 15) is 4.79 Å². The quantitative estimate of drug-likeness (QED) is 0.848. The molecule has 1 aliphatic rings. The lowest BCUT2D eigenvalue weighted by molar-refractivity contribution is -0.121. The summed E-state index contributed by atoms with van der Waals surface area (Å²) in [6.07, 6.45) is 2.42. The van der Waals surface area contributed by atoms with E-state index in [1.54, 1.807) is 0 Å². The second kappa shape index (κ2) is 5.76. The third-order valence-electron chi connectivity index (χ3n) is 3.15. The summed E-state index contributed by atoms with van der Waals surface area (Å²) in [6.45, 7) is 10.8. The van der Waals surface area contributed by atoms with Crippen LogP contribution in [0.2, 0.25) is 0 Å². The van der Waals surface area contributed by atoms with Gasteiger partial charge < -0.3 is 9.88 Å². The summed E-state index contributed by atoms with van der Waals surface area (Å²) in [6, 6.07) is 0. The molecule has 6 heteroatoms. The van der Waals surface area contributed by atoms with Gasteiger partial charge in [0.25, 0.3) is 0 Å². The molecular weight excluding hydrogens is 272 g/mol. The molecule has 1 amide bonds. The summed E-state index contributed by atoms with van der Waals surface area (Å²) in [5.41, 5.74) is -0.205. The second-order valence-corrected chi connectivity index (χ2v) is 7.67. The van der Waals surface area contributed by atoms with Gasteiger partial charge in [-0.25, -0.2) is 0 Å². The minimum Gasteiger partial charge on any atom is -0.351 e. The van der Waals surface area contributed by atoms with Gasteiger partial charge in [-0.05, 0) is 47.5 Å². The van der Waals surface area contributed by atoms with E-state index in [4.69, 9.17) is 0 Å². The van der Waals surface area contributed by atoms with Crippen molar-refractivity contribution in [2.75, 3.05) is 0 Å². The molecule has 0 saturated heterocycles. The Hall–Kier alpha value is -1.04. The predicted molar refractivity (Wildman–Crippen MR) is 80.9 cm³/mol. The average molecular weight is 296 g/mol. The zero-order valence-electron chi connectivity index (χ0n) is 12.9. The number of amides is 1. The van der Waals surface area contributed by atoms with Crippen LogP contribution in [0.1, 0.15) is 59.2 Å². The second-order valence-electron chi connectivity index (χ2n) is 6.36. The van der Waals surface area contributed by atoms with Crippen molar-refractivity contribution in [3.63, 3.8) is 0 Å². The minimum absolute atomic E-state index is 0.0427. The molecule has 0 bridgehead atoms. The van der Waals surface area contributed by atoms with E-state index in [-0.39, 0.29) is 16.7 Å². The Kier molecular flexibility index (Phi) is 4.42. The minimum atomic E-state index is -0.205. The number of thioether (sulfide) groups is 1. The van der Waals surface area contributed by atoms with Gasteiger partial charge in [-0.15, -0.1) is 10.2 Å². The molecular formula is C14H24N4OS. The number of aromatic nitrogens is 3. The Morgan fingerprint density at radius 2 is 2.10 bits per heavy atom. The molecule has 112 valence electrons.